The molecule has 0 nitrogen and oxygen atoms in total. The predicted molar refractivity (Wildman–Crippen MR) is 35.3 cm³/mol. The molecule has 0 heterocycles. The Morgan fingerprint density at radius 3 is 1.60 bits per heavy atom. The van der Waals surface area contributed by atoms with Crippen LogP contribution in [-0.4, -0.2) is 6.18 Å². The van der Waals surface area contributed by atoms with E-state index < -0.39 is 22.1 Å². The van der Waals surface area contributed by atoms with Gasteiger partial charge in [0.15, 0.2) is 0 Å². The molecule has 0 aromatic rings. The Balaban J connectivity index is 4.06. The topological polar surface area (TPSA) is 0 Å². The van der Waals surface area contributed by atoms with Gasteiger partial charge in [-0.2, -0.15) is 13.2 Å². The molecule has 0 amide bonds. The zero-order valence-electron chi connectivity index (χ0n) is 4.47. The van der Waals surface area contributed by atoms with E-state index in [4.69, 9.17) is 34.8 Å². The van der Waals surface area contributed by atoms with Crippen molar-refractivity contribution < 1.29 is 13.2 Å². The minimum absolute atomic E-state index is 0.543. The first kappa shape index (κ1) is 10.4. The fraction of sp³-hybridized carbons (Fsp3) is 0.500. The molecule has 0 rings (SSSR count). The van der Waals surface area contributed by atoms with Crippen LogP contribution in [0.4, 0.5) is 13.2 Å². The lowest BCUT2D eigenvalue weighted by molar-refractivity contribution is -0.125. The summed E-state index contributed by atoms with van der Waals surface area (Å²) < 4.78 is 33.7. The Labute approximate surface area is 70.6 Å². The van der Waals surface area contributed by atoms with Crippen LogP contribution in [0.3, 0.4) is 0 Å². The molecule has 0 aliphatic carbocycles. The molecule has 0 radical (unpaired) electrons. The van der Waals surface area contributed by atoms with Gasteiger partial charge >= 0.3 is 6.18 Å². The second-order valence-corrected chi connectivity index (χ2v) is 2.86. The summed E-state index contributed by atoms with van der Waals surface area (Å²) in [5, 5.41) is -0.587. The zero-order valence-corrected chi connectivity index (χ0v) is 6.74. The Morgan fingerprint density at radius 1 is 1.10 bits per heavy atom. The normalized spacial score (nSPS) is 11.4. The maximum atomic E-state index is 11.4. The van der Waals surface area contributed by atoms with Gasteiger partial charge in [0.05, 0.1) is 11.5 Å². The van der Waals surface area contributed by atoms with Crippen LogP contribution in [0.1, 0.15) is 6.42 Å². The average Bonchev–Trinajstić information content (AvgIpc) is 1.60. The molecule has 0 aliphatic rings. The van der Waals surface area contributed by atoms with Crippen LogP contribution in [0, 0.1) is 0 Å². The van der Waals surface area contributed by atoms with E-state index in [0.717, 1.165) is 0 Å². The predicted octanol–water partition coefficient (Wildman–Crippen LogP) is 3.82. The number of hydrogen-bond acceptors (Lipinski definition) is 0. The van der Waals surface area contributed by atoms with Gasteiger partial charge in [0.1, 0.15) is 4.49 Å². The van der Waals surface area contributed by atoms with E-state index in [9.17, 15) is 13.2 Å². The van der Waals surface area contributed by atoms with E-state index in [1.807, 2.05) is 0 Å². The van der Waals surface area contributed by atoms with Crippen LogP contribution in [0.2, 0.25) is 0 Å². The van der Waals surface area contributed by atoms with Gasteiger partial charge in [0.2, 0.25) is 0 Å². The molecule has 0 saturated heterocycles. The van der Waals surface area contributed by atoms with Gasteiger partial charge in [0.25, 0.3) is 0 Å². The van der Waals surface area contributed by atoms with Crippen LogP contribution >= 0.6 is 34.8 Å². The number of hydrogen-bond donors (Lipinski definition) is 0. The standard InChI is InChI=1S/C4H2Cl3F3/c5-2(3(6)7)1-4(8,9)10/h1H2. The summed E-state index contributed by atoms with van der Waals surface area (Å²) in [7, 11) is 0. The van der Waals surface area contributed by atoms with Gasteiger partial charge in [-0.1, -0.05) is 34.8 Å². The molecule has 0 N–H and O–H groups in total. The van der Waals surface area contributed by atoms with Gasteiger partial charge in [-0.25, -0.2) is 0 Å². The van der Waals surface area contributed by atoms with Gasteiger partial charge in [0, 0.05) is 0 Å². The second-order valence-electron chi connectivity index (χ2n) is 1.46. The van der Waals surface area contributed by atoms with Crippen molar-refractivity contribution in [3.8, 4) is 0 Å². The molecule has 0 aromatic heterocycles. The van der Waals surface area contributed by atoms with Crippen molar-refractivity contribution in [2.75, 3.05) is 0 Å². The minimum atomic E-state index is -4.36. The Kier molecular flexibility index (Phi) is 3.84. The van der Waals surface area contributed by atoms with Crippen LogP contribution in [-0.2, 0) is 0 Å². The van der Waals surface area contributed by atoms with Crippen molar-refractivity contribution >= 4 is 34.8 Å². The largest absolute Gasteiger partial charge is 0.393 e. The van der Waals surface area contributed by atoms with Crippen LogP contribution in [0.5, 0.6) is 0 Å². The molecule has 0 fully saturated rings. The summed E-state index contributed by atoms with van der Waals surface area (Å²) in [5.41, 5.74) is 0. The lowest BCUT2D eigenvalue weighted by Crippen LogP contribution is -2.06. The maximum absolute atomic E-state index is 11.4. The number of halogens is 6. The first-order valence-corrected chi connectivity index (χ1v) is 3.22. The molecule has 6 heteroatoms. The van der Waals surface area contributed by atoms with Crippen LogP contribution in [0.25, 0.3) is 0 Å². The third-order valence-electron chi connectivity index (χ3n) is 0.561. The smallest absolute Gasteiger partial charge is 0.171 e. The fourth-order valence-corrected chi connectivity index (χ4v) is 0.528. The molecular weight excluding hydrogens is 211 g/mol. The van der Waals surface area contributed by atoms with Gasteiger partial charge in [-0.3, -0.25) is 0 Å². The third kappa shape index (κ3) is 5.21. The van der Waals surface area contributed by atoms with E-state index >= 15 is 0 Å². The lowest BCUT2D eigenvalue weighted by atomic mass is 10.4. The molecule has 60 valence electrons. The van der Waals surface area contributed by atoms with Gasteiger partial charge in [-0.05, 0) is 0 Å². The lowest BCUT2D eigenvalue weighted by Gasteiger charge is -2.03. The van der Waals surface area contributed by atoms with Crippen molar-refractivity contribution in [1.29, 1.82) is 0 Å². The van der Waals surface area contributed by atoms with Gasteiger partial charge < -0.3 is 0 Å². The van der Waals surface area contributed by atoms with E-state index in [-0.39, 0.29) is 0 Å². The fourth-order valence-electron chi connectivity index (χ4n) is 0.243. The van der Waals surface area contributed by atoms with Crippen molar-refractivity contribution in [1.82, 2.24) is 0 Å². The van der Waals surface area contributed by atoms with E-state index in [0.29, 0.717) is 0 Å². The Hall–Kier alpha value is 0.400. The Morgan fingerprint density at radius 2 is 1.50 bits per heavy atom. The van der Waals surface area contributed by atoms with Crippen molar-refractivity contribution in [3.05, 3.63) is 9.52 Å². The van der Waals surface area contributed by atoms with Crippen LogP contribution in [0.15, 0.2) is 9.52 Å². The molecule has 0 aromatic carbocycles. The summed E-state index contributed by atoms with van der Waals surface area (Å²) >= 11 is 14.9. The highest BCUT2D eigenvalue weighted by Crippen LogP contribution is 2.30. The summed E-state index contributed by atoms with van der Waals surface area (Å²) in [6.07, 6.45) is -5.64. The van der Waals surface area contributed by atoms with Crippen molar-refractivity contribution in [2.24, 2.45) is 0 Å². The molecule has 0 unspecified atom stereocenters. The third-order valence-corrected chi connectivity index (χ3v) is 1.53. The monoisotopic (exact) mass is 212 g/mol. The Bertz CT molecular complexity index is 144. The molecule has 0 bridgehead atoms. The quantitative estimate of drug-likeness (QED) is 0.621. The van der Waals surface area contributed by atoms with Crippen LogP contribution < -0.4 is 0 Å². The first-order valence-electron chi connectivity index (χ1n) is 2.09. The first-order chi connectivity index (χ1) is 4.33. The zero-order chi connectivity index (χ0) is 8.36. The summed E-state index contributed by atoms with van der Waals surface area (Å²) in [5.74, 6) is 0. The molecule has 10 heavy (non-hydrogen) atoms. The van der Waals surface area contributed by atoms with Gasteiger partial charge in [-0.15, -0.1) is 0 Å². The SMILES string of the molecule is FC(F)(F)CC(Cl)=C(Cl)Cl. The number of rotatable bonds is 1. The molecule has 0 saturated carbocycles. The average molecular weight is 213 g/mol. The summed E-state index contributed by atoms with van der Waals surface area (Å²) in [4.78, 5) is 0. The molecule has 0 spiro atoms. The highest BCUT2D eigenvalue weighted by Gasteiger charge is 2.29. The van der Waals surface area contributed by atoms with E-state index in [1.165, 1.54) is 0 Å². The summed E-state index contributed by atoms with van der Waals surface area (Å²) in [6.45, 7) is 0. The molecule has 0 atom stereocenters. The number of allylic oxidation sites excluding steroid dienone is 1. The highest BCUT2D eigenvalue weighted by atomic mass is 35.5. The number of alkyl halides is 3. The molecule has 0 aliphatic heterocycles. The van der Waals surface area contributed by atoms with E-state index in [1.54, 1.807) is 0 Å². The van der Waals surface area contributed by atoms with Crippen molar-refractivity contribution in [3.63, 3.8) is 0 Å². The maximum Gasteiger partial charge on any atom is 0.393 e. The minimum Gasteiger partial charge on any atom is -0.171 e. The van der Waals surface area contributed by atoms with Crippen molar-refractivity contribution in [2.45, 2.75) is 12.6 Å². The van der Waals surface area contributed by atoms with E-state index in [2.05, 4.69) is 0 Å². The molecular formula is C4H2Cl3F3. The second kappa shape index (κ2) is 3.69. The summed E-state index contributed by atoms with van der Waals surface area (Å²) in [6, 6.07) is 0. The highest BCUT2D eigenvalue weighted by molar-refractivity contribution is 6.59.